The fraction of sp³-hybridized carbons (Fsp3) is 0.387. The number of aryl methyl sites for hydroxylation is 1. The Labute approximate surface area is 239 Å². The molecular formula is C31H37N3O7. The largest absolute Gasteiger partial charge is 0.481 e. The monoisotopic (exact) mass is 563 g/mol. The van der Waals surface area contributed by atoms with E-state index in [1.165, 1.54) is 6.26 Å². The number of ether oxygens (including phenoxy) is 1. The van der Waals surface area contributed by atoms with Crippen LogP contribution in [0.5, 0.6) is 0 Å². The molecule has 0 bridgehead atoms. The number of hydrogen-bond donors (Lipinski definition) is 3. The van der Waals surface area contributed by atoms with Gasteiger partial charge in [0.15, 0.2) is 5.69 Å². The molecule has 10 heteroatoms. The molecule has 0 fully saturated rings. The Kier molecular flexibility index (Phi) is 11.3. The van der Waals surface area contributed by atoms with Crippen LogP contribution in [0.3, 0.4) is 0 Å². The number of aromatic nitrogens is 1. The van der Waals surface area contributed by atoms with Gasteiger partial charge >= 0.3 is 11.9 Å². The van der Waals surface area contributed by atoms with Gasteiger partial charge in [-0.1, -0.05) is 54.6 Å². The van der Waals surface area contributed by atoms with Crippen molar-refractivity contribution < 1.29 is 33.4 Å². The van der Waals surface area contributed by atoms with Crippen molar-refractivity contribution in [2.75, 3.05) is 6.54 Å². The molecule has 1 amide bonds. The van der Waals surface area contributed by atoms with Crippen LogP contribution in [0.25, 0.3) is 0 Å². The minimum absolute atomic E-state index is 0.00663. The van der Waals surface area contributed by atoms with Gasteiger partial charge in [-0.15, -0.1) is 0 Å². The maximum atomic E-state index is 12.7. The maximum Gasteiger partial charge on any atom is 0.375 e. The number of oxazole rings is 1. The van der Waals surface area contributed by atoms with Crippen molar-refractivity contribution in [3.63, 3.8) is 0 Å². The Morgan fingerprint density at radius 3 is 2.32 bits per heavy atom. The molecule has 0 saturated heterocycles. The summed E-state index contributed by atoms with van der Waals surface area (Å²) in [5.41, 5.74) is 2.14. The lowest BCUT2D eigenvalue weighted by molar-refractivity contribution is -0.162. The summed E-state index contributed by atoms with van der Waals surface area (Å²) in [7, 11) is 0. The highest BCUT2D eigenvalue weighted by molar-refractivity contribution is 6.33. The molecule has 0 saturated carbocycles. The summed E-state index contributed by atoms with van der Waals surface area (Å²) < 4.78 is 10.8. The molecule has 2 aromatic carbocycles. The summed E-state index contributed by atoms with van der Waals surface area (Å²) in [5.74, 6) is -2.68. The van der Waals surface area contributed by atoms with Crippen LogP contribution in [0.15, 0.2) is 65.3 Å². The number of hydrogen-bond acceptors (Lipinski definition) is 8. The second kappa shape index (κ2) is 14.9. The van der Waals surface area contributed by atoms with Crippen molar-refractivity contribution in [1.82, 2.24) is 15.6 Å². The number of rotatable bonds is 15. The second-order valence-electron chi connectivity index (χ2n) is 10.6. The zero-order chi connectivity index (χ0) is 29.8. The number of benzene rings is 2. The van der Waals surface area contributed by atoms with Crippen LogP contribution in [0.1, 0.15) is 79.1 Å². The molecule has 1 aromatic heterocycles. The minimum atomic E-state index is -0.916. The van der Waals surface area contributed by atoms with Gasteiger partial charge in [0, 0.05) is 25.9 Å². The van der Waals surface area contributed by atoms with Crippen molar-refractivity contribution >= 4 is 23.6 Å². The average molecular weight is 564 g/mol. The Morgan fingerprint density at radius 2 is 1.63 bits per heavy atom. The summed E-state index contributed by atoms with van der Waals surface area (Å²) in [6, 6.07) is 16.6. The lowest BCUT2D eigenvalue weighted by Gasteiger charge is -2.20. The molecule has 41 heavy (non-hydrogen) atoms. The van der Waals surface area contributed by atoms with E-state index in [-0.39, 0.29) is 30.8 Å². The number of Topliss-reactive ketones (excluding diaryl/α,β-unsaturated/α-hetero) is 1. The lowest BCUT2D eigenvalue weighted by atomic mass is 10.0. The summed E-state index contributed by atoms with van der Waals surface area (Å²) in [6.07, 6.45) is 2.31. The fourth-order valence-corrected chi connectivity index (χ4v) is 4.08. The molecule has 0 aliphatic heterocycles. The molecule has 3 N–H and O–H groups in total. The molecular weight excluding hydrogens is 526 g/mol. The zero-order valence-corrected chi connectivity index (χ0v) is 23.6. The van der Waals surface area contributed by atoms with Gasteiger partial charge < -0.3 is 24.9 Å². The van der Waals surface area contributed by atoms with Crippen molar-refractivity contribution in [2.45, 2.75) is 71.1 Å². The minimum Gasteiger partial charge on any atom is -0.481 e. The van der Waals surface area contributed by atoms with Gasteiger partial charge in [0.1, 0.15) is 11.9 Å². The number of carboxylic acids is 1. The van der Waals surface area contributed by atoms with Gasteiger partial charge in [0.05, 0.1) is 6.04 Å². The van der Waals surface area contributed by atoms with Crippen molar-refractivity contribution in [1.29, 1.82) is 0 Å². The Hall–Kier alpha value is -4.31. The van der Waals surface area contributed by atoms with Gasteiger partial charge in [0.2, 0.25) is 11.7 Å². The smallest absolute Gasteiger partial charge is 0.375 e. The number of nitrogens with zero attached hydrogens (tertiary/aromatic N) is 1. The number of amides is 1. The third kappa shape index (κ3) is 10.6. The molecule has 0 radical (unpaired) electrons. The van der Waals surface area contributed by atoms with E-state index in [1.807, 2.05) is 54.6 Å². The van der Waals surface area contributed by atoms with Gasteiger partial charge in [-0.05, 0) is 56.7 Å². The molecule has 10 nitrogen and oxygen atoms in total. The molecule has 218 valence electrons. The van der Waals surface area contributed by atoms with Gasteiger partial charge in [-0.2, -0.15) is 0 Å². The van der Waals surface area contributed by atoms with Crippen LogP contribution in [-0.4, -0.2) is 45.9 Å². The first kappa shape index (κ1) is 31.2. The summed E-state index contributed by atoms with van der Waals surface area (Å²) >= 11 is 0. The van der Waals surface area contributed by atoms with E-state index in [0.717, 1.165) is 16.7 Å². The summed E-state index contributed by atoms with van der Waals surface area (Å²) in [5, 5.41) is 15.2. The molecule has 0 spiro atoms. The molecule has 1 heterocycles. The number of carboxylic acid groups (broad SMARTS) is 1. The number of esters is 1. The van der Waals surface area contributed by atoms with Crippen LogP contribution in [0.2, 0.25) is 0 Å². The number of carbonyl (C=O) groups is 4. The van der Waals surface area contributed by atoms with Crippen LogP contribution in [0, 0.1) is 0 Å². The zero-order valence-electron chi connectivity index (χ0n) is 23.6. The van der Waals surface area contributed by atoms with E-state index in [4.69, 9.17) is 14.3 Å². The van der Waals surface area contributed by atoms with E-state index in [0.29, 0.717) is 25.9 Å². The Balaban J connectivity index is 1.69. The van der Waals surface area contributed by atoms with Crippen LogP contribution in [-0.2, 0) is 38.5 Å². The topological polar surface area (TPSA) is 148 Å². The molecule has 0 unspecified atom stereocenters. The number of aliphatic carboxylic acids is 1. The average Bonchev–Trinajstić information content (AvgIpc) is 3.42. The standard InChI is InChI=1S/C31H37N3O7/c1-31(2,3)41-30(39)26(35)15-14-24(33-19-23-12-8-7-11-22(23)13-16-27(36)37)29-34-25(20-40-29)28(38)32-18-17-21-9-5-4-6-10-21/h4-12,20,24,33H,13-19H2,1-3H3,(H,32,38)(H,36,37)/t24-/m0/s1. The van der Waals surface area contributed by atoms with Crippen molar-refractivity contribution in [3.05, 3.63) is 89.1 Å². The van der Waals surface area contributed by atoms with E-state index in [9.17, 15) is 19.2 Å². The van der Waals surface area contributed by atoms with Gasteiger partial charge in [-0.3, -0.25) is 14.4 Å². The third-order valence-electron chi connectivity index (χ3n) is 6.15. The highest BCUT2D eigenvalue weighted by atomic mass is 16.6. The Morgan fingerprint density at radius 1 is 0.951 bits per heavy atom. The number of carbonyl (C=O) groups excluding carboxylic acids is 3. The summed E-state index contributed by atoms with van der Waals surface area (Å²) in [6.45, 7) is 5.79. The van der Waals surface area contributed by atoms with Gasteiger partial charge in [0.25, 0.3) is 5.91 Å². The first-order valence-corrected chi connectivity index (χ1v) is 13.6. The fourth-order valence-electron chi connectivity index (χ4n) is 4.08. The third-order valence-corrected chi connectivity index (χ3v) is 6.15. The first-order chi connectivity index (χ1) is 19.5. The van der Waals surface area contributed by atoms with E-state index >= 15 is 0 Å². The van der Waals surface area contributed by atoms with Crippen molar-refractivity contribution in [2.24, 2.45) is 0 Å². The van der Waals surface area contributed by atoms with Crippen LogP contribution < -0.4 is 10.6 Å². The predicted octanol–water partition coefficient (Wildman–Crippen LogP) is 4.19. The van der Waals surface area contributed by atoms with E-state index in [2.05, 4.69) is 15.6 Å². The van der Waals surface area contributed by atoms with E-state index in [1.54, 1.807) is 20.8 Å². The second-order valence-corrected chi connectivity index (χ2v) is 10.6. The van der Waals surface area contributed by atoms with Crippen LogP contribution >= 0.6 is 0 Å². The SMILES string of the molecule is CC(C)(C)OC(=O)C(=O)CC[C@H](NCc1ccccc1CCC(=O)O)c1nc(C(=O)NCCc2ccccc2)co1. The molecule has 3 aromatic rings. The highest BCUT2D eigenvalue weighted by Crippen LogP contribution is 2.21. The quantitative estimate of drug-likeness (QED) is 0.183. The molecule has 0 aliphatic rings. The normalized spacial score (nSPS) is 12.0. The highest BCUT2D eigenvalue weighted by Gasteiger charge is 2.26. The molecule has 0 aliphatic carbocycles. The molecule has 3 rings (SSSR count). The molecule has 1 atom stereocenters. The maximum absolute atomic E-state index is 12.7. The lowest BCUT2D eigenvalue weighted by Crippen LogP contribution is -2.30. The van der Waals surface area contributed by atoms with Gasteiger partial charge in [-0.25, -0.2) is 9.78 Å². The van der Waals surface area contributed by atoms with Crippen LogP contribution in [0.4, 0.5) is 0 Å². The van der Waals surface area contributed by atoms with Crippen molar-refractivity contribution in [3.8, 4) is 0 Å². The summed E-state index contributed by atoms with van der Waals surface area (Å²) in [4.78, 5) is 52.9. The Bertz CT molecular complexity index is 1330. The number of ketones is 1. The van der Waals surface area contributed by atoms with E-state index < -0.39 is 35.3 Å². The predicted molar refractivity (Wildman–Crippen MR) is 151 cm³/mol. The first-order valence-electron chi connectivity index (χ1n) is 13.6. The number of nitrogens with one attached hydrogen (secondary N) is 2.